The first-order valence-electron chi connectivity index (χ1n) is 7.44. The summed E-state index contributed by atoms with van der Waals surface area (Å²) in [5, 5.41) is 11.4. The first-order valence-corrected chi connectivity index (χ1v) is 7.44. The van der Waals surface area contributed by atoms with Crippen molar-refractivity contribution in [1.82, 2.24) is 4.90 Å². The molecule has 2 unspecified atom stereocenters. The van der Waals surface area contributed by atoms with Crippen LogP contribution in [0.4, 0.5) is 4.79 Å². The van der Waals surface area contributed by atoms with Gasteiger partial charge in [-0.2, -0.15) is 0 Å². The van der Waals surface area contributed by atoms with Gasteiger partial charge in [-0.25, -0.2) is 4.79 Å². The van der Waals surface area contributed by atoms with E-state index in [-0.39, 0.29) is 17.4 Å². The van der Waals surface area contributed by atoms with E-state index in [9.17, 15) is 14.9 Å². The largest absolute Gasteiger partial charge is 0.444 e. The lowest BCUT2D eigenvalue weighted by molar-refractivity contribution is -0.529. The molecular weight excluding hydrogens is 284 g/mol. The van der Waals surface area contributed by atoms with Gasteiger partial charge in [0.25, 0.3) is 0 Å². The molecule has 22 heavy (non-hydrogen) atoms. The number of ether oxygens (including phenoxy) is 1. The second-order valence-corrected chi connectivity index (χ2v) is 6.58. The predicted octanol–water partition coefficient (Wildman–Crippen LogP) is 3.06. The quantitative estimate of drug-likeness (QED) is 0.622. The van der Waals surface area contributed by atoms with Crippen molar-refractivity contribution in [3.63, 3.8) is 0 Å². The third-order valence-corrected chi connectivity index (χ3v) is 3.73. The smallest absolute Gasteiger partial charge is 0.410 e. The van der Waals surface area contributed by atoms with Gasteiger partial charge >= 0.3 is 6.09 Å². The number of rotatable bonds is 2. The van der Waals surface area contributed by atoms with E-state index in [1.54, 1.807) is 20.8 Å². The van der Waals surface area contributed by atoms with Crippen LogP contribution < -0.4 is 0 Å². The Hall–Kier alpha value is -2.11. The molecule has 1 fully saturated rings. The average molecular weight is 306 g/mol. The highest BCUT2D eigenvalue weighted by molar-refractivity contribution is 5.68. The number of benzene rings is 1. The molecule has 0 bridgehead atoms. The van der Waals surface area contributed by atoms with Gasteiger partial charge in [-0.3, -0.25) is 10.1 Å². The van der Waals surface area contributed by atoms with Crippen molar-refractivity contribution < 1.29 is 14.5 Å². The third kappa shape index (κ3) is 3.96. The van der Waals surface area contributed by atoms with Crippen molar-refractivity contribution in [1.29, 1.82) is 0 Å². The van der Waals surface area contributed by atoms with Crippen LogP contribution in [0.2, 0.25) is 0 Å². The number of nitrogens with zero attached hydrogens (tertiary/aromatic N) is 2. The molecule has 120 valence electrons. The van der Waals surface area contributed by atoms with Crippen molar-refractivity contribution in [2.24, 2.45) is 0 Å². The van der Waals surface area contributed by atoms with Gasteiger partial charge in [-0.1, -0.05) is 30.3 Å². The lowest BCUT2D eigenvalue weighted by Gasteiger charge is -2.35. The van der Waals surface area contributed by atoms with Crippen LogP contribution in [0, 0.1) is 10.1 Å². The molecule has 2 atom stereocenters. The van der Waals surface area contributed by atoms with E-state index < -0.39 is 17.7 Å². The molecule has 2 rings (SSSR count). The number of nitro groups is 1. The number of hydrogen-bond acceptors (Lipinski definition) is 4. The molecule has 1 heterocycles. The van der Waals surface area contributed by atoms with Gasteiger partial charge in [0.05, 0.1) is 12.5 Å². The monoisotopic (exact) mass is 306 g/mol. The SMILES string of the molecule is CC(C)(C)OC(=O)N1CCC(c2ccccc2)C([N+](=O)[O-])C1. The molecule has 1 aromatic rings. The van der Waals surface area contributed by atoms with Crippen LogP contribution in [0.15, 0.2) is 30.3 Å². The summed E-state index contributed by atoms with van der Waals surface area (Å²) in [6.07, 6.45) is 0.0837. The summed E-state index contributed by atoms with van der Waals surface area (Å²) in [5.74, 6) is -0.171. The van der Waals surface area contributed by atoms with E-state index in [1.807, 2.05) is 30.3 Å². The van der Waals surface area contributed by atoms with E-state index in [0.29, 0.717) is 13.0 Å². The molecule has 0 radical (unpaired) electrons. The molecule has 0 saturated carbocycles. The second kappa shape index (κ2) is 6.34. The van der Waals surface area contributed by atoms with Gasteiger partial charge in [-0.15, -0.1) is 0 Å². The van der Waals surface area contributed by atoms with Crippen molar-refractivity contribution in [3.05, 3.63) is 46.0 Å². The van der Waals surface area contributed by atoms with Gasteiger partial charge < -0.3 is 9.64 Å². The molecule has 6 heteroatoms. The molecule has 1 saturated heterocycles. The Balaban J connectivity index is 2.12. The van der Waals surface area contributed by atoms with Gasteiger partial charge in [0.1, 0.15) is 5.60 Å². The van der Waals surface area contributed by atoms with Gasteiger partial charge in [0.15, 0.2) is 0 Å². The fraction of sp³-hybridized carbons (Fsp3) is 0.562. The van der Waals surface area contributed by atoms with Crippen LogP contribution in [0.1, 0.15) is 38.7 Å². The van der Waals surface area contributed by atoms with Crippen molar-refractivity contribution in [2.45, 2.75) is 44.8 Å². The van der Waals surface area contributed by atoms with E-state index in [2.05, 4.69) is 0 Å². The standard InChI is InChI=1S/C16H22N2O4/c1-16(2,3)22-15(19)17-10-9-13(14(11-17)18(20)21)12-7-5-4-6-8-12/h4-8,13-14H,9-11H2,1-3H3. The number of hydrogen-bond donors (Lipinski definition) is 0. The Bertz CT molecular complexity index is 539. The molecule has 0 spiro atoms. The number of carbonyl (C=O) groups is 1. The summed E-state index contributed by atoms with van der Waals surface area (Å²) in [5.41, 5.74) is 0.352. The number of amides is 1. The number of likely N-dealkylation sites (tertiary alicyclic amines) is 1. The zero-order valence-corrected chi connectivity index (χ0v) is 13.2. The van der Waals surface area contributed by atoms with Crippen LogP contribution in [-0.2, 0) is 4.74 Å². The lowest BCUT2D eigenvalue weighted by Crippen LogP contribution is -2.50. The van der Waals surface area contributed by atoms with E-state index in [1.165, 1.54) is 4.90 Å². The molecule has 1 aromatic carbocycles. The Morgan fingerprint density at radius 2 is 1.95 bits per heavy atom. The summed E-state index contributed by atoms with van der Waals surface area (Å²) in [6, 6.07) is 8.66. The first kappa shape index (κ1) is 16.3. The van der Waals surface area contributed by atoms with E-state index in [0.717, 1.165) is 5.56 Å². The maximum absolute atomic E-state index is 12.1. The maximum atomic E-state index is 12.1. The predicted molar refractivity (Wildman–Crippen MR) is 82.4 cm³/mol. The fourth-order valence-corrected chi connectivity index (χ4v) is 2.73. The summed E-state index contributed by atoms with van der Waals surface area (Å²) in [4.78, 5) is 24.7. The zero-order chi connectivity index (χ0) is 16.3. The maximum Gasteiger partial charge on any atom is 0.410 e. The summed E-state index contributed by atoms with van der Waals surface area (Å²) in [6.45, 7) is 5.91. The zero-order valence-electron chi connectivity index (χ0n) is 13.2. The normalized spacial score (nSPS) is 22.2. The highest BCUT2D eigenvalue weighted by Crippen LogP contribution is 2.30. The fourth-order valence-electron chi connectivity index (χ4n) is 2.73. The van der Waals surface area contributed by atoms with Crippen LogP contribution >= 0.6 is 0 Å². The van der Waals surface area contributed by atoms with Crippen molar-refractivity contribution in [2.75, 3.05) is 13.1 Å². The minimum atomic E-state index is -0.802. The molecule has 1 aliphatic heterocycles. The molecule has 1 aliphatic rings. The third-order valence-electron chi connectivity index (χ3n) is 3.73. The molecule has 0 N–H and O–H groups in total. The molecule has 6 nitrogen and oxygen atoms in total. The van der Waals surface area contributed by atoms with Crippen LogP contribution in [-0.4, -0.2) is 40.6 Å². The van der Waals surface area contributed by atoms with Gasteiger partial charge in [-0.05, 0) is 32.8 Å². The van der Waals surface area contributed by atoms with E-state index in [4.69, 9.17) is 4.74 Å². The molecular formula is C16H22N2O4. The Morgan fingerprint density at radius 3 is 2.50 bits per heavy atom. The summed E-state index contributed by atoms with van der Waals surface area (Å²) >= 11 is 0. The second-order valence-electron chi connectivity index (χ2n) is 6.58. The topological polar surface area (TPSA) is 72.7 Å². The molecule has 0 aromatic heterocycles. The van der Waals surface area contributed by atoms with Gasteiger partial charge in [0, 0.05) is 11.5 Å². The summed E-state index contributed by atoms with van der Waals surface area (Å²) in [7, 11) is 0. The molecule has 1 amide bonds. The van der Waals surface area contributed by atoms with E-state index >= 15 is 0 Å². The van der Waals surface area contributed by atoms with Crippen molar-refractivity contribution >= 4 is 6.09 Å². The lowest BCUT2D eigenvalue weighted by atomic mass is 9.86. The van der Waals surface area contributed by atoms with Crippen molar-refractivity contribution in [3.8, 4) is 0 Å². The Morgan fingerprint density at radius 1 is 1.32 bits per heavy atom. The number of piperidine rings is 1. The first-order chi connectivity index (χ1) is 10.3. The average Bonchev–Trinajstić information content (AvgIpc) is 2.45. The van der Waals surface area contributed by atoms with Crippen LogP contribution in [0.3, 0.4) is 0 Å². The summed E-state index contributed by atoms with van der Waals surface area (Å²) < 4.78 is 5.31. The van der Waals surface area contributed by atoms with Crippen LogP contribution in [0.25, 0.3) is 0 Å². The van der Waals surface area contributed by atoms with Crippen LogP contribution in [0.5, 0.6) is 0 Å². The van der Waals surface area contributed by atoms with Gasteiger partial charge in [0.2, 0.25) is 6.04 Å². The minimum absolute atomic E-state index is 0.0848. The molecule has 0 aliphatic carbocycles. The minimum Gasteiger partial charge on any atom is -0.444 e. The number of carbonyl (C=O) groups excluding carboxylic acids is 1. The highest BCUT2D eigenvalue weighted by Gasteiger charge is 2.40. The Labute approximate surface area is 130 Å². The Kier molecular flexibility index (Phi) is 4.68. The highest BCUT2D eigenvalue weighted by atomic mass is 16.6.